The molecule has 1 aliphatic heterocycles. The average Bonchev–Trinajstić information content (AvgIpc) is 3.00. The predicted octanol–water partition coefficient (Wildman–Crippen LogP) is 5.38. The second-order valence-corrected chi connectivity index (χ2v) is 9.34. The Morgan fingerprint density at radius 1 is 1.25 bits per heavy atom. The van der Waals surface area contributed by atoms with Gasteiger partial charge in [-0.15, -0.1) is 6.58 Å². The van der Waals surface area contributed by atoms with Gasteiger partial charge in [0.05, 0.1) is 16.4 Å². The van der Waals surface area contributed by atoms with Crippen LogP contribution in [0.15, 0.2) is 37.6 Å². The van der Waals surface area contributed by atoms with Gasteiger partial charge < -0.3 is 14.4 Å². The van der Waals surface area contributed by atoms with Crippen LogP contribution >= 0.6 is 11.6 Å². The minimum absolute atomic E-state index is 0.157. The molecule has 174 valence electrons. The molecular formula is C24H35ClN6O. The van der Waals surface area contributed by atoms with E-state index in [1.807, 2.05) is 36.7 Å². The van der Waals surface area contributed by atoms with Crippen molar-refractivity contribution in [3.8, 4) is 0 Å². The molecule has 2 aromatic rings. The molecular weight excluding hydrogens is 424 g/mol. The van der Waals surface area contributed by atoms with E-state index < -0.39 is 0 Å². The molecule has 0 saturated carbocycles. The third-order valence-electron chi connectivity index (χ3n) is 5.10. The number of allylic oxidation sites excluding steroid dienone is 1. The van der Waals surface area contributed by atoms with Gasteiger partial charge >= 0.3 is 6.03 Å². The topological polar surface area (TPSA) is 66.3 Å². The van der Waals surface area contributed by atoms with Crippen molar-refractivity contribution in [3.05, 3.63) is 54.0 Å². The van der Waals surface area contributed by atoms with E-state index in [0.29, 0.717) is 42.6 Å². The van der Waals surface area contributed by atoms with Crippen LogP contribution in [0.3, 0.4) is 0 Å². The number of aromatic nitrogens is 3. The van der Waals surface area contributed by atoms with Gasteiger partial charge in [-0.25, -0.2) is 14.8 Å². The average molecular weight is 459 g/mol. The van der Waals surface area contributed by atoms with Crippen molar-refractivity contribution in [3.63, 3.8) is 0 Å². The molecule has 0 bridgehead atoms. The molecule has 1 N–H and O–H groups in total. The van der Waals surface area contributed by atoms with Crippen LogP contribution in [0.1, 0.15) is 38.6 Å². The highest BCUT2D eigenvalue weighted by molar-refractivity contribution is 6.32. The van der Waals surface area contributed by atoms with Gasteiger partial charge in [0.1, 0.15) is 5.82 Å². The summed E-state index contributed by atoms with van der Waals surface area (Å²) in [6.07, 6.45) is 6.52. The molecule has 2 aromatic heterocycles. The number of carbonyl (C=O) groups is 1. The van der Waals surface area contributed by atoms with Gasteiger partial charge in [-0.05, 0) is 37.0 Å². The highest BCUT2D eigenvalue weighted by Gasteiger charge is 2.24. The zero-order valence-electron chi connectivity index (χ0n) is 19.9. The van der Waals surface area contributed by atoms with E-state index in [0.717, 1.165) is 23.6 Å². The van der Waals surface area contributed by atoms with Crippen molar-refractivity contribution < 1.29 is 4.79 Å². The van der Waals surface area contributed by atoms with Crippen molar-refractivity contribution in [1.29, 1.82) is 0 Å². The minimum atomic E-state index is -0.157. The van der Waals surface area contributed by atoms with Crippen LogP contribution in [0.2, 0.25) is 5.02 Å². The molecule has 0 aliphatic carbocycles. The number of carbonyl (C=O) groups excluding carboxylic acids is 1. The number of rotatable bonds is 4. The lowest BCUT2D eigenvalue weighted by atomic mass is 9.93. The maximum atomic E-state index is 12.5. The van der Waals surface area contributed by atoms with Gasteiger partial charge in [-0.1, -0.05) is 45.0 Å². The first-order valence-corrected chi connectivity index (χ1v) is 11.1. The molecule has 1 aliphatic rings. The predicted molar refractivity (Wildman–Crippen MR) is 134 cm³/mol. The van der Waals surface area contributed by atoms with Crippen LogP contribution in [0.4, 0.5) is 16.6 Å². The van der Waals surface area contributed by atoms with Crippen LogP contribution < -0.4 is 10.2 Å². The lowest BCUT2D eigenvalue weighted by molar-refractivity contribution is 0.208. The molecule has 3 heterocycles. The number of anilines is 2. The van der Waals surface area contributed by atoms with Gasteiger partial charge in [0.15, 0.2) is 0 Å². The Morgan fingerprint density at radius 2 is 1.91 bits per heavy atom. The smallest absolute Gasteiger partial charge is 0.324 e. The third-order valence-corrected chi connectivity index (χ3v) is 5.39. The van der Waals surface area contributed by atoms with E-state index in [-0.39, 0.29) is 6.03 Å². The number of piperazine rings is 1. The Morgan fingerprint density at radius 3 is 2.38 bits per heavy atom. The first kappa shape index (κ1) is 25.5. The highest BCUT2D eigenvalue weighted by atomic mass is 35.5. The quantitative estimate of drug-likeness (QED) is 0.624. The number of halogens is 1. The maximum Gasteiger partial charge on any atom is 0.324 e. The van der Waals surface area contributed by atoms with Crippen LogP contribution in [-0.2, 0) is 7.05 Å². The number of amides is 2. The Labute approximate surface area is 196 Å². The summed E-state index contributed by atoms with van der Waals surface area (Å²) in [5.74, 6) is 1.28. The molecule has 0 unspecified atom stereocenters. The van der Waals surface area contributed by atoms with Gasteiger partial charge in [0.2, 0.25) is 5.95 Å². The van der Waals surface area contributed by atoms with Crippen molar-refractivity contribution in [2.75, 3.05) is 36.4 Å². The lowest BCUT2D eigenvalue weighted by Crippen LogP contribution is -2.50. The molecule has 0 radical (unpaired) electrons. The Bertz CT molecular complexity index is 938. The summed E-state index contributed by atoms with van der Waals surface area (Å²) >= 11 is 6.20. The monoisotopic (exact) mass is 458 g/mol. The van der Waals surface area contributed by atoms with E-state index in [4.69, 9.17) is 11.6 Å². The zero-order chi connectivity index (χ0) is 23.9. The van der Waals surface area contributed by atoms with E-state index >= 15 is 0 Å². The Balaban J connectivity index is 0.000000451. The maximum absolute atomic E-state index is 12.5. The van der Waals surface area contributed by atoms with Crippen molar-refractivity contribution in [2.45, 2.75) is 34.1 Å². The Hall–Kier alpha value is -2.80. The fourth-order valence-corrected chi connectivity index (χ4v) is 3.62. The molecule has 3 rings (SSSR count). The minimum Gasteiger partial charge on any atom is -0.352 e. The molecule has 1 saturated heterocycles. The van der Waals surface area contributed by atoms with Crippen LogP contribution in [0.5, 0.6) is 0 Å². The van der Waals surface area contributed by atoms with E-state index in [9.17, 15) is 4.79 Å². The molecule has 7 nitrogen and oxygen atoms in total. The second-order valence-electron chi connectivity index (χ2n) is 8.94. The van der Waals surface area contributed by atoms with Gasteiger partial charge in [0.25, 0.3) is 0 Å². The normalized spacial score (nSPS) is 13.8. The summed E-state index contributed by atoms with van der Waals surface area (Å²) in [5.41, 5.74) is 2.16. The van der Waals surface area contributed by atoms with Crippen molar-refractivity contribution in [2.24, 2.45) is 12.5 Å². The second kappa shape index (κ2) is 11.2. The number of nitrogens with one attached hydrogen (secondary N) is 1. The SMILES string of the molecule is C=CCC(C)(C)C.C=Cc1c(C)nc(NC(=O)N2CCN(c3ncccc3Cl)CC2)n1C. The summed E-state index contributed by atoms with van der Waals surface area (Å²) < 4.78 is 1.82. The number of hydrogen-bond donors (Lipinski definition) is 1. The fourth-order valence-electron chi connectivity index (χ4n) is 3.38. The molecule has 1 fully saturated rings. The standard InChI is InChI=1S/C17H21ClN6O.C7H14/c1-4-14-12(2)20-16(22(14)3)21-17(25)24-10-8-23(9-11-24)15-13(18)6-5-7-19-15;1-5-6-7(2,3)4/h4-7H,1,8-11H2,2-3H3,(H,20,21,25);5H,1,6H2,2-4H3. The Kier molecular flexibility index (Phi) is 8.89. The summed E-state index contributed by atoms with van der Waals surface area (Å²) in [6.45, 7) is 18.5. The van der Waals surface area contributed by atoms with Crippen molar-refractivity contribution >= 4 is 35.5 Å². The number of aryl methyl sites for hydroxylation is 1. The van der Waals surface area contributed by atoms with Gasteiger partial charge in [-0.2, -0.15) is 0 Å². The summed E-state index contributed by atoms with van der Waals surface area (Å²) in [5, 5.41) is 3.50. The molecule has 32 heavy (non-hydrogen) atoms. The first-order valence-electron chi connectivity index (χ1n) is 10.8. The first-order chi connectivity index (χ1) is 15.1. The fraction of sp³-hybridized carbons (Fsp3) is 0.458. The summed E-state index contributed by atoms with van der Waals surface area (Å²) in [7, 11) is 1.85. The molecule has 8 heteroatoms. The van der Waals surface area contributed by atoms with E-state index in [1.165, 1.54) is 0 Å². The summed E-state index contributed by atoms with van der Waals surface area (Å²) in [4.78, 5) is 25.1. The molecule has 0 spiro atoms. The van der Waals surface area contributed by atoms with E-state index in [1.54, 1.807) is 17.2 Å². The van der Waals surface area contributed by atoms with Gasteiger partial charge in [-0.3, -0.25) is 5.32 Å². The number of pyridine rings is 1. The molecule has 0 aromatic carbocycles. The number of urea groups is 1. The number of nitrogens with zero attached hydrogens (tertiary/aromatic N) is 5. The third kappa shape index (κ3) is 6.85. The molecule has 0 atom stereocenters. The summed E-state index contributed by atoms with van der Waals surface area (Å²) in [6, 6.07) is 3.47. The zero-order valence-corrected chi connectivity index (χ0v) is 20.6. The molecule has 2 amide bonds. The van der Waals surface area contributed by atoms with Crippen LogP contribution in [-0.4, -0.2) is 51.6 Å². The van der Waals surface area contributed by atoms with Crippen molar-refractivity contribution in [1.82, 2.24) is 19.4 Å². The van der Waals surface area contributed by atoms with Gasteiger partial charge in [0, 0.05) is 39.4 Å². The number of hydrogen-bond acceptors (Lipinski definition) is 4. The largest absolute Gasteiger partial charge is 0.352 e. The number of imidazole rings is 1. The van der Waals surface area contributed by atoms with Crippen LogP contribution in [0, 0.1) is 12.3 Å². The highest BCUT2D eigenvalue weighted by Crippen LogP contribution is 2.23. The van der Waals surface area contributed by atoms with E-state index in [2.05, 4.69) is 54.1 Å². The van der Waals surface area contributed by atoms with Crippen LogP contribution in [0.25, 0.3) is 6.08 Å². The lowest BCUT2D eigenvalue weighted by Gasteiger charge is -2.35.